The Morgan fingerprint density at radius 3 is 2.79 bits per heavy atom. The normalized spacial score (nSPS) is 24.3. The fraction of sp³-hybridized carbons (Fsp3) is 0.667. The van der Waals surface area contributed by atoms with Gasteiger partial charge >= 0.3 is 0 Å². The van der Waals surface area contributed by atoms with Crippen LogP contribution in [0.25, 0.3) is 0 Å². The molecular formula is C15H22FN3. The van der Waals surface area contributed by atoms with Crippen LogP contribution in [-0.2, 0) is 6.54 Å². The molecule has 2 fully saturated rings. The third-order valence-corrected chi connectivity index (χ3v) is 4.69. The number of hydrogen-bond donors (Lipinski definition) is 1. The summed E-state index contributed by atoms with van der Waals surface area (Å²) in [5.74, 6) is 1.04. The lowest BCUT2D eigenvalue weighted by molar-refractivity contribution is 0.425. The van der Waals surface area contributed by atoms with Crippen molar-refractivity contribution in [3.05, 3.63) is 23.6 Å². The highest BCUT2D eigenvalue weighted by atomic mass is 19.1. The summed E-state index contributed by atoms with van der Waals surface area (Å²) in [5, 5.41) is 0. The second-order valence-corrected chi connectivity index (χ2v) is 5.76. The predicted molar refractivity (Wildman–Crippen MR) is 74.4 cm³/mol. The molecule has 3 nitrogen and oxygen atoms in total. The average Bonchev–Trinajstić information content (AvgIpc) is 3.09. The van der Waals surface area contributed by atoms with Crippen molar-refractivity contribution < 1.29 is 4.39 Å². The van der Waals surface area contributed by atoms with Gasteiger partial charge in [0.2, 0.25) is 0 Å². The molecule has 104 valence electrons. The van der Waals surface area contributed by atoms with Gasteiger partial charge in [-0.05, 0) is 37.7 Å². The minimum Gasteiger partial charge on any atom is -0.351 e. The van der Waals surface area contributed by atoms with Crippen LogP contribution in [0, 0.1) is 11.7 Å². The van der Waals surface area contributed by atoms with Crippen molar-refractivity contribution in [2.24, 2.45) is 11.7 Å². The zero-order valence-corrected chi connectivity index (χ0v) is 11.3. The molecule has 1 aromatic heterocycles. The minimum absolute atomic E-state index is 0.213. The molecule has 1 atom stereocenters. The number of rotatable bonds is 3. The molecule has 2 heterocycles. The van der Waals surface area contributed by atoms with Crippen LogP contribution in [0.1, 0.15) is 44.1 Å². The molecule has 1 saturated carbocycles. The Hall–Kier alpha value is -1.16. The van der Waals surface area contributed by atoms with Gasteiger partial charge < -0.3 is 10.6 Å². The van der Waals surface area contributed by atoms with Crippen LogP contribution in [0.5, 0.6) is 0 Å². The van der Waals surface area contributed by atoms with Crippen LogP contribution in [0.15, 0.2) is 12.3 Å². The van der Waals surface area contributed by atoms with Crippen LogP contribution in [0.3, 0.4) is 0 Å². The molecular weight excluding hydrogens is 241 g/mol. The topological polar surface area (TPSA) is 42.1 Å². The van der Waals surface area contributed by atoms with Crippen molar-refractivity contribution >= 4 is 5.82 Å². The molecule has 1 aromatic rings. The van der Waals surface area contributed by atoms with E-state index >= 15 is 0 Å². The number of hydrogen-bond acceptors (Lipinski definition) is 3. The Kier molecular flexibility index (Phi) is 3.69. The molecule has 2 N–H and O–H groups in total. The maximum atomic E-state index is 14.4. The van der Waals surface area contributed by atoms with E-state index in [0.717, 1.165) is 18.9 Å². The fourth-order valence-electron chi connectivity index (χ4n) is 3.72. The molecule has 19 heavy (non-hydrogen) atoms. The molecule has 0 aromatic carbocycles. The van der Waals surface area contributed by atoms with E-state index in [-0.39, 0.29) is 12.4 Å². The first-order valence-corrected chi connectivity index (χ1v) is 7.41. The quantitative estimate of drug-likeness (QED) is 0.911. The number of nitrogens with zero attached hydrogens (tertiary/aromatic N) is 2. The van der Waals surface area contributed by atoms with Crippen molar-refractivity contribution in [1.29, 1.82) is 0 Å². The highest BCUT2D eigenvalue weighted by Gasteiger charge is 2.35. The maximum Gasteiger partial charge on any atom is 0.170 e. The first-order valence-electron chi connectivity index (χ1n) is 7.41. The lowest BCUT2D eigenvalue weighted by Gasteiger charge is -2.30. The third kappa shape index (κ3) is 2.34. The van der Waals surface area contributed by atoms with Gasteiger partial charge in [-0.3, -0.25) is 0 Å². The van der Waals surface area contributed by atoms with Gasteiger partial charge in [0.25, 0.3) is 0 Å². The summed E-state index contributed by atoms with van der Waals surface area (Å²) < 4.78 is 14.4. The van der Waals surface area contributed by atoms with Crippen molar-refractivity contribution in [2.75, 3.05) is 11.4 Å². The molecule has 3 rings (SSSR count). The lowest BCUT2D eigenvalue weighted by atomic mass is 9.96. The van der Waals surface area contributed by atoms with E-state index < -0.39 is 0 Å². The van der Waals surface area contributed by atoms with Gasteiger partial charge in [0.1, 0.15) is 0 Å². The highest BCUT2D eigenvalue weighted by molar-refractivity contribution is 5.45. The number of anilines is 1. The van der Waals surface area contributed by atoms with Gasteiger partial charge in [0.15, 0.2) is 11.6 Å². The largest absolute Gasteiger partial charge is 0.351 e. The summed E-state index contributed by atoms with van der Waals surface area (Å²) in [6, 6.07) is 2.16. The van der Waals surface area contributed by atoms with E-state index in [1.54, 1.807) is 12.3 Å². The molecule has 1 aliphatic heterocycles. The zero-order valence-electron chi connectivity index (χ0n) is 11.3. The number of pyridine rings is 1. The van der Waals surface area contributed by atoms with E-state index in [2.05, 4.69) is 9.88 Å². The van der Waals surface area contributed by atoms with E-state index in [1.165, 1.54) is 32.1 Å². The van der Waals surface area contributed by atoms with Crippen LogP contribution in [-0.4, -0.2) is 17.6 Å². The van der Waals surface area contributed by atoms with E-state index in [0.29, 0.717) is 17.4 Å². The van der Waals surface area contributed by atoms with E-state index in [4.69, 9.17) is 5.73 Å². The van der Waals surface area contributed by atoms with Crippen LogP contribution in [0.4, 0.5) is 10.2 Å². The molecule has 4 heteroatoms. The van der Waals surface area contributed by atoms with Crippen molar-refractivity contribution in [3.8, 4) is 0 Å². The monoisotopic (exact) mass is 263 g/mol. The second-order valence-electron chi connectivity index (χ2n) is 5.76. The number of nitrogens with two attached hydrogens (primary N) is 1. The predicted octanol–water partition coefficient (Wildman–Crippen LogP) is 2.84. The van der Waals surface area contributed by atoms with Crippen molar-refractivity contribution in [2.45, 2.75) is 51.1 Å². The Bertz CT molecular complexity index is 443. The molecule has 1 unspecified atom stereocenters. The zero-order chi connectivity index (χ0) is 13.2. The Balaban J connectivity index is 1.87. The lowest BCUT2D eigenvalue weighted by Crippen LogP contribution is -2.36. The van der Waals surface area contributed by atoms with E-state index in [1.807, 2.05) is 0 Å². The van der Waals surface area contributed by atoms with Crippen LogP contribution in [0.2, 0.25) is 0 Å². The standard InChI is InChI=1S/C15H22FN3/c16-14-12(10-17)7-8-18-15(14)19-9-3-6-13(19)11-4-1-2-5-11/h7-8,11,13H,1-6,9-10,17H2. The average molecular weight is 263 g/mol. The summed E-state index contributed by atoms with van der Waals surface area (Å²) in [5.41, 5.74) is 6.16. The van der Waals surface area contributed by atoms with Gasteiger partial charge in [0.05, 0.1) is 0 Å². The Morgan fingerprint density at radius 1 is 1.26 bits per heavy atom. The Labute approximate surface area is 114 Å². The smallest absolute Gasteiger partial charge is 0.170 e. The summed E-state index contributed by atoms with van der Waals surface area (Å²) in [4.78, 5) is 6.48. The van der Waals surface area contributed by atoms with Crippen LogP contribution >= 0.6 is 0 Å². The summed E-state index contributed by atoms with van der Waals surface area (Å²) >= 11 is 0. The van der Waals surface area contributed by atoms with Gasteiger partial charge in [-0.2, -0.15) is 0 Å². The van der Waals surface area contributed by atoms with Gasteiger partial charge in [-0.25, -0.2) is 9.37 Å². The van der Waals surface area contributed by atoms with Gasteiger partial charge in [-0.1, -0.05) is 12.8 Å². The SMILES string of the molecule is NCc1ccnc(N2CCCC2C2CCCC2)c1F. The summed E-state index contributed by atoms with van der Waals surface area (Å²) in [7, 11) is 0. The molecule has 0 bridgehead atoms. The minimum atomic E-state index is -0.213. The summed E-state index contributed by atoms with van der Waals surface area (Å²) in [6.45, 7) is 1.17. The fourth-order valence-corrected chi connectivity index (χ4v) is 3.72. The summed E-state index contributed by atoms with van der Waals surface area (Å²) in [6.07, 6.45) is 9.25. The number of halogens is 1. The highest BCUT2D eigenvalue weighted by Crippen LogP contribution is 2.38. The van der Waals surface area contributed by atoms with Crippen molar-refractivity contribution in [3.63, 3.8) is 0 Å². The molecule has 0 radical (unpaired) electrons. The van der Waals surface area contributed by atoms with E-state index in [9.17, 15) is 4.39 Å². The Morgan fingerprint density at radius 2 is 2.05 bits per heavy atom. The molecule has 2 aliphatic rings. The first-order chi connectivity index (χ1) is 9.31. The maximum absolute atomic E-state index is 14.4. The van der Waals surface area contributed by atoms with Crippen molar-refractivity contribution in [1.82, 2.24) is 4.98 Å². The van der Waals surface area contributed by atoms with Crippen LogP contribution < -0.4 is 10.6 Å². The molecule has 0 amide bonds. The van der Waals surface area contributed by atoms with Gasteiger partial charge in [-0.15, -0.1) is 0 Å². The molecule has 1 saturated heterocycles. The number of aromatic nitrogens is 1. The molecule has 1 aliphatic carbocycles. The molecule has 0 spiro atoms. The first kappa shape index (κ1) is 12.9. The van der Waals surface area contributed by atoms with Gasteiger partial charge in [0, 0.05) is 30.9 Å². The second kappa shape index (κ2) is 5.45. The third-order valence-electron chi connectivity index (χ3n) is 4.69.